The van der Waals surface area contributed by atoms with Crippen LogP contribution in [0.4, 0.5) is 4.39 Å². The lowest BCUT2D eigenvalue weighted by Gasteiger charge is -2.09. The highest BCUT2D eigenvalue weighted by Crippen LogP contribution is 2.28. The number of carbonyl (C=O) groups is 1. The molecule has 4 nitrogen and oxygen atoms in total. The van der Waals surface area contributed by atoms with Crippen molar-refractivity contribution in [1.82, 2.24) is 9.55 Å². The molecule has 0 spiro atoms. The van der Waals surface area contributed by atoms with E-state index in [1.54, 1.807) is 23.6 Å². The van der Waals surface area contributed by atoms with Gasteiger partial charge in [0.15, 0.2) is 0 Å². The summed E-state index contributed by atoms with van der Waals surface area (Å²) in [6.07, 6.45) is 0. The summed E-state index contributed by atoms with van der Waals surface area (Å²) in [7, 11) is 0. The average Bonchev–Trinajstić information content (AvgIpc) is 2.76. The van der Waals surface area contributed by atoms with Gasteiger partial charge in [-0.2, -0.15) is 0 Å². The molecule has 3 aromatic rings. The van der Waals surface area contributed by atoms with Crippen molar-refractivity contribution in [3.63, 3.8) is 0 Å². The number of hydrogen-bond donors (Lipinski definition) is 1. The third-order valence-electron chi connectivity index (χ3n) is 3.22. The molecule has 0 amide bonds. The van der Waals surface area contributed by atoms with E-state index in [4.69, 9.17) is 5.11 Å². The number of benzene rings is 2. The topological polar surface area (TPSA) is 55.1 Å². The van der Waals surface area contributed by atoms with Crippen LogP contribution in [0.3, 0.4) is 0 Å². The first kappa shape index (κ1) is 13.8. The maximum atomic E-state index is 13.5. The largest absolute Gasteiger partial charge is 0.478 e. The molecule has 3 rings (SSSR count). The zero-order valence-electron chi connectivity index (χ0n) is 11.0. The van der Waals surface area contributed by atoms with E-state index in [2.05, 4.69) is 20.9 Å². The summed E-state index contributed by atoms with van der Waals surface area (Å²) in [5.74, 6) is -0.702. The molecule has 0 aliphatic rings. The molecule has 106 valence electrons. The fourth-order valence-electron chi connectivity index (χ4n) is 2.30. The van der Waals surface area contributed by atoms with Gasteiger partial charge in [0.25, 0.3) is 0 Å². The Kier molecular flexibility index (Phi) is 3.25. The van der Waals surface area contributed by atoms with Crippen molar-refractivity contribution >= 4 is 32.9 Å². The van der Waals surface area contributed by atoms with Crippen LogP contribution < -0.4 is 0 Å². The molecule has 0 saturated carbocycles. The van der Waals surface area contributed by atoms with Crippen LogP contribution in [0.2, 0.25) is 0 Å². The first-order chi connectivity index (χ1) is 9.97. The van der Waals surface area contributed by atoms with Crippen LogP contribution in [0.15, 0.2) is 40.9 Å². The molecule has 6 heteroatoms. The van der Waals surface area contributed by atoms with Gasteiger partial charge >= 0.3 is 5.97 Å². The predicted octanol–water partition coefficient (Wildman–Crippen LogP) is 3.93. The van der Waals surface area contributed by atoms with Crippen LogP contribution in [-0.2, 0) is 0 Å². The number of aromatic carboxylic acids is 1. The molecule has 2 aromatic carbocycles. The number of fused-ring (bicyclic) bond motifs is 1. The molecule has 0 saturated heterocycles. The van der Waals surface area contributed by atoms with Crippen LogP contribution in [0.5, 0.6) is 0 Å². The lowest BCUT2D eigenvalue weighted by molar-refractivity contribution is 0.0697. The number of halogens is 2. The van der Waals surface area contributed by atoms with Gasteiger partial charge in [-0.05, 0) is 59.3 Å². The lowest BCUT2D eigenvalue weighted by atomic mass is 10.2. The molecule has 1 N–H and O–H groups in total. The Morgan fingerprint density at radius 2 is 2.05 bits per heavy atom. The maximum absolute atomic E-state index is 13.5. The van der Waals surface area contributed by atoms with Crippen molar-refractivity contribution in [2.75, 3.05) is 0 Å². The molecule has 0 unspecified atom stereocenters. The van der Waals surface area contributed by atoms with Crippen molar-refractivity contribution in [2.45, 2.75) is 6.92 Å². The normalized spacial score (nSPS) is 11.0. The second-order valence-electron chi connectivity index (χ2n) is 4.60. The smallest absolute Gasteiger partial charge is 0.335 e. The van der Waals surface area contributed by atoms with Gasteiger partial charge in [-0.15, -0.1) is 0 Å². The first-order valence-corrected chi connectivity index (χ1v) is 6.94. The molecule has 0 aliphatic carbocycles. The van der Waals surface area contributed by atoms with E-state index in [-0.39, 0.29) is 11.4 Å². The van der Waals surface area contributed by atoms with E-state index < -0.39 is 5.97 Å². The lowest BCUT2D eigenvalue weighted by Crippen LogP contribution is -1.99. The third-order valence-corrected chi connectivity index (χ3v) is 3.89. The SMILES string of the molecule is Cc1nc2cc(C(=O)O)ccc2n1-c1cc(F)ccc1Br. The van der Waals surface area contributed by atoms with Gasteiger partial charge in [0.1, 0.15) is 11.6 Å². The maximum Gasteiger partial charge on any atom is 0.335 e. The van der Waals surface area contributed by atoms with Crippen LogP contribution in [0.1, 0.15) is 16.2 Å². The summed E-state index contributed by atoms with van der Waals surface area (Å²) in [5.41, 5.74) is 2.08. The Morgan fingerprint density at radius 1 is 1.29 bits per heavy atom. The van der Waals surface area contributed by atoms with Crippen LogP contribution in [0.25, 0.3) is 16.7 Å². The Hall–Kier alpha value is -2.21. The standard InChI is InChI=1S/C15H10BrFN2O2/c1-8-18-12-6-9(15(20)21)2-5-13(12)19(8)14-7-10(17)3-4-11(14)16/h2-7H,1H3,(H,20,21). The minimum atomic E-state index is -1.00. The van der Waals surface area contributed by atoms with Gasteiger partial charge in [-0.3, -0.25) is 4.57 Å². The highest BCUT2D eigenvalue weighted by molar-refractivity contribution is 9.10. The summed E-state index contributed by atoms with van der Waals surface area (Å²) in [4.78, 5) is 15.4. The van der Waals surface area contributed by atoms with Crippen molar-refractivity contribution in [3.05, 3.63) is 58.1 Å². The molecule has 0 bridgehead atoms. The van der Waals surface area contributed by atoms with Gasteiger partial charge in [-0.1, -0.05) is 0 Å². The number of nitrogens with zero attached hydrogens (tertiary/aromatic N) is 2. The summed E-state index contributed by atoms with van der Waals surface area (Å²) in [6.45, 7) is 1.79. The molecule has 1 heterocycles. The Balaban J connectivity index is 2.30. The van der Waals surface area contributed by atoms with Crippen molar-refractivity contribution in [3.8, 4) is 5.69 Å². The Labute approximate surface area is 128 Å². The second kappa shape index (κ2) is 4.96. The minimum Gasteiger partial charge on any atom is -0.478 e. The molecule has 1 aromatic heterocycles. The highest BCUT2D eigenvalue weighted by Gasteiger charge is 2.14. The number of carboxylic acids is 1. The molecule has 0 aliphatic heterocycles. The zero-order chi connectivity index (χ0) is 15.1. The number of rotatable bonds is 2. The van der Waals surface area contributed by atoms with Gasteiger partial charge < -0.3 is 5.11 Å². The van der Waals surface area contributed by atoms with Crippen molar-refractivity contribution < 1.29 is 14.3 Å². The van der Waals surface area contributed by atoms with E-state index in [1.807, 2.05) is 0 Å². The molecule has 0 radical (unpaired) electrons. The number of aryl methyl sites for hydroxylation is 1. The Morgan fingerprint density at radius 3 is 2.76 bits per heavy atom. The Bertz CT molecular complexity index is 873. The summed E-state index contributed by atoms with van der Waals surface area (Å²) in [5, 5.41) is 9.03. The molecule has 0 fully saturated rings. The molecular weight excluding hydrogens is 339 g/mol. The van der Waals surface area contributed by atoms with E-state index in [0.717, 1.165) is 9.99 Å². The zero-order valence-corrected chi connectivity index (χ0v) is 12.6. The van der Waals surface area contributed by atoms with E-state index in [0.29, 0.717) is 17.0 Å². The van der Waals surface area contributed by atoms with Gasteiger partial charge in [-0.25, -0.2) is 14.2 Å². The van der Waals surface area contributed by atoms with Gasteiger partial charge in [0, 0.05) is 4.47 Å². The monoisotopic (exact) mass is 348 g/mol. The van der Waals surface area contributed by atoms with Crippen LogP contribution in [0, 0.1) is 12.7 Å². The molecular formula is C15H10BrFN2O2. The fraction of sp³-hybridized carbons (Fsp3) is 0.0667. The fourth-order valence-corrected chi connectivity index (χ4v) is 2.72. The quantitative estimate of drug-likeness (QED) is 0.763. The van der Waals surface area contributed by atoms with E-state index in [9.17, 15) is 9.18 Å². The summed E-state index contributed by atoms with van der Waals surface area (Å²) < 4.78 is 16.0. The van der Waals surface area contributed by atoms with Crippen LogP contribution >= 0.6 is 15.9 Å². The molecule has 21 heavy (non-hydrogen) atoms. The number of carboxylic acid groups (broad SMARTS) is 1. The second-order valence-corrected chi connectivity index (χ2v) is 5.45. The predicted molar refractivity (Wildman–Crippen MR) is 80.4 cm³/mol. The van der Waals surface area contributed by atoms with Crippen molar-refractivity contribution in [2.24, 2.45) is 0 Å². The molecule has 0 atom stereocenters. The number of imidazole rings is 1. The highest BCUT2D eigenvalue weighted by atomic mass is 79.9. The van der Waals surface area contributed by atoms with Gasteiger partial charge in [0.05, 0.1) is 22.3 Å². The third kappa shape index (κ3) is 2.31. The summed E-state index contributed by atoms with van der Waals surface area (Å²) >= 11 is 3.40. The van der Waals surface area contributed by atoms with E-state index >= 15 is 0 Å². The first-order valence-electron chi connectivity index (χ1n) is 6.15. The van der Waals surface area contributed by atoms with Crippen LogP contribution in [-0.4, -0.2) is 20.6 Å². The average molecular weight is 349 g/mol. The number of aromatic nitrogens is 2. The summed E-state index contributed by atoms with van der Waals surface area (Å²) in [6, 6.07) is 9.09. The number of hydrogen-bond acceptors (Lipinski definition) is 2. The van der Waals surface area contributed by atoms with Gasteiger partial charge in [0.2, 0.25) is 0 Å². The van der Waals surface area contributed by atoms with Crippen molar-refractivity contribution in [1.29, 1.82) is 0 Å². The van der Waals surface area contributed by atoms with E-state index in [1.165, 1.54) is 24.3 Å². The minimum absolute atomic E-state index is 0.172.